The molecule has 0 saturated carbocycles. The highest BCUT2D eigenvalue weighted by Gasteiger charge is 2.12. The van der Waals surface area contributed by atoms with Crippen LogP contribution in [0.5, 0.6) is 0 Å². The number of nitrogens with zero attached hydrogens (tertiary/aromatic N) is 2. The number of hydrogen-bond donors (Lipinski definition) is 0. The molecule has 25 heavy (non-hydrogen) atoms. The number of fused-ring (bicyclic) bond motifs is 1. The van der Waals surface area contributed by atoms with Crippen LogP contribution >= 0.6 is 0 Å². The Hall–Kier alpha value is -2.62. The maximum atomic E-state index is 12.6. The summed E-state index contributed by atoms with van der Waals surface area (Å²) in [4.78, 5) is 25.0. The number of benzene rings is 2. The van der Waals surface area contributed by atoms with E-state index in [0.29, 0.717) is 17.8 Å². The van der Waals surface area contributed by atoms with E-state index in [1.54, 1.807) is 11.6 Å². The lowest BCUT2D eigenvalue weighted by atomic mass is 10.0. The lowest BCUT2D eigenvalue weighted by Crippen LogP contribution is -2.38. The van der Waals surface area contributed by atoms with Crippen molar-refractivity contribution < 1.29 is 0 Å². The molecule has 1 heterocycles. The monoisotopic (exact) mass is 336 g/mol. The summed E-state index contributed by atoms with van der Waals surface area (Å²) in [5.41, 5.74) is 2.65. The number of aromatic nitrogens is 2. The lowest BCUT2D eigenvalue weighted by molar-refractivity contribution is 0.502. The summed E-state index contributed by atoms with van der Waals surface area (Å²) in [6.45, 7) is 4.74. The van der Waals surface area contributed by atoms with Gasteiger partial charge in [0.05, 0.1) is 10.9 Å². The smallest absolute Gasteiger partial charge is 0.293 e. The fourth-order valence-electron chi connectivity index (χ4n) is 3.17. The van der Waals surface area contributed by atoms with Crippen LogP contribution in [0.25, 0.3) is 10.9 Å². The van der Waals surface area contributed by atoms with Crippen molar-refractivity contribution in [2.75, 3.05) is 0 Å². The molecule has 0 saturated heterocycles. The third-order valence-corrected chi connectivity index (χ3v) is 4.50. The zero-order valence-corrected chi connectivity index (χ0v) is 15.0. The minimum absolute atomic E-state index is 0.221. The SMILES string of the molecule is CC(C)Cn1c(=O)n(C)c(=O)c2cc(CCc3ccccc3)ccc21. The molecule has 3 rings (SSSR count). The average molecular weight is 336 g/mol. The molecule has 0 N–H and O–H groups in total. The predicted molar refractivity (Wildman–Crippen MR) is 102 cm³/mol. The normalized spacial score (nSPS) is 11.4. The molecule has 130 valence electrons. The van der Waals surface area contributed by atoms with Crippen molar-refractivity contribution in [3.8, 4) is 0 Å². The first kappa shape index (κ1) is 17.2. The van der Waals surface area contributed by atoms with Crippen molar-refractivity contribution in [2.45, 2.75) is 33.2 Å². The largest absolute Gasteiger partial charge is 0.331 e. The Labute approximate surface area is 147 Å². The molecule has 0 atom stereocenters. The van der Waals surface area contributed by atoms with E-state index in [9.17, 15) is 9.59 Å². The molecule has 2 aromatic carbocycles. The molecule has 4 heteroatoms. The summed E-state index contributed by atoms with van der Waals surface area (Å²) in [7, 11) is 1.55. The number of hydrogen-bond acceptors (Lipinski definition) is 2. The molecule has 0 unspecified atom stereocenters. The third-order valence-electron chi connectivity index (χ3n) is 4.50. The minimum atomic E-state index is -0.247. The van der Waals surface area contributed by atoms with Gasteiger partial charge in [0.15, 0.2) is 0 Å². The molecule has 0 bridgehead atoms. The fourth-order valence-corrected chi connectivity index (χ4v) is 3.17. The van der Waals surface area contributed by atoms with Crippen LogP contribution in [0.2, 0.25) is 0 Å². The Bertz CT molecular complexity index is 998. The Morgan fingerprint density at radius 3 is 2.28 bits per heavy atom. The van der Waals surface area contributed by atoms with Crippen molar-refractivity contribution in [1.82, 2.24) is 9.13 Å². The van der Waals surface area contributed by atoms with Gasteiger partial charge in [-0.3, -0.25) is 13.9 Å². The van der Waals surface area contributed by atoms with Crippen molar-refractivity contribution in [3.05, 3.63) is 80.5 Å². The summed E-state index contributed by atoms with van der Waals surface area (Å²) < 4.78 is 2.92. The second-order valence-electron chi connectivity index (χ2n) is 6.99. The highest BCUT2D eigenvalue weighted by molar-refractivity contribution is 5.78. The van der Waals surface area contributed by atoms with Crippen LogP contribution in [0.4, 0.5) is 0 Å². The average Bonchev–Trinajstić information content (AvgIpc) is 2.62. The zero-order valence-electron chi connectivity index (χ0n) is 15.0. The molecule has 3 aromatic rings. The minimum Gasteiger partial charge on any atom is -0.293 e. The molecule has 0 radical (unpaired) electrons. The molecule has 0 aliphatic carbocycles. The summed E-state index contributed by atoms with van der Waals surface area (Å²) in [5.74, 6) is 0.330. The van der Waals surface area contributed by atoms with Gasteiger partial charge in [0.25, 0.3) is 5.56 Å². The van der Waals surface area contributed by atoms with Gasteiger partial charge in [-0.25, -0.2) is 4.79 Å². The second-order valence-corrected chi connectivity index (χ2v) is 6.99. The second kappa shape index (κ2) is 7.09. The van der Waals surface area contributed by atoms with Crippen LogP contribution in [0.3, 0.4) is 0 Å². The zero-order chi connectivity index (χ0) is 18.0. The Morgan fingerprint density at radius 1 is 0.920 bits per heavy atom. The molecule has 4 nitrogen and oxygen atoms in total. The van der Waals surface area contributed by atoms with Crippen molar-refractivity contribution in [1.29, 1.82) is 0 Å². The van der Waals surface area contributed by atoms with Crippen LogP contribution < -0.4 is 11.2 Å². The molecular weight excluding hydrogens is 312 g/mol. The van der Waals surface area contributed by atoms with E-state index < -0.39 is 0 Å². The lowest BCUT2D eigenvalue weighted by Gasteiger charge is -2.14. The first-order valence-corrected chi connectivity index (χ1v) is 8.73. The van der Waals surface area contributed by atoms with Gasteiger partial charge in [-0.15, -0.1) is 0 Å². The van der Waals surface area contributed by atoms with Gasteiger partial charge in [-0.05, 0) is 42.0 Å². The molecule has 0 fully saturated rings. The maximum Gasteiger partial charge on any atom is 0.331 e. The van der Waals surface area contributed by atoms with Gasteiger partial charge >= 0.3 is 5.69 Å². The highest BCUT2D eigenvalue weighted by atomic mass is 16.2. The van der Waals surface area contributed by atoms with Crippen molar-refractivity contribution in [3.63, 3.8) is 0 Å². The topological polar surface area (TPSA) is 44.0 Å². The van der Waals surface area contributed by atoms with Gasteiger partial charge in [0.2, 0.25) is 0 Å². The van der Waals surface area contributed by atoms with E-state index in [1.807, 2.05) is 36.4 Å². The van der Waals surface area contributed by atoms with Crippen molar-refractivity contribution in [2.24, 2.45) is 13.0 Å². The predicted octanol–water partition coefficient (Wildman–Crippen LogP) is 3.14. The summed E-state index contributed by atoms with van der Waals surface area (Å²) in [5, 5.41) is 0.619. The van der Waals surface area contributed by atoms with Crippen LogP contribution in [0, 0.1) is 5.92 Å². The molecule has 0 aliphatic rings. The summed E-state index contributed by atoms with van der Waals surface area (Å²) in [6, 6.07) is 16.2. The molecule has 1 aromatic heterocycles. The first-order valence-electron chi connectivity index (χ1n) is 8.73. The maximum absolute atomic E-state index is 12.6. The van der Waals surface area contributed by atoms with E-state index >= 15 is 0 Å². The van der Waals surface area contributed by atoms with E-state index in [-0.39, 0.29) is 11.2 Å². The van der Waals surface area contributed by atoms with Crippen LogP contribution in [0.15, 0.2) is 58.1 Å². The van der Waals surface area contributed by atoms with E-state index in [0.717, 1.165) is 23.9 Å². The Balaban J connectivity index is 2.02. The van der Waals surface area contributed by atoms with Gasteiger partial charge < -0.3 is 0 Å². The number of rotatable bonds is 5. The summed E-state index contributed by atoms with van der Waals surface area (Å²) in [6.07, 6.45) is 1.80. The van der Waals surface area contributed by atoms with Gasteiger partial charge in [-0.2, -0.15) is 0 Å². The fraction of sp³-hybridized carbons (Fsp3) is 0.333. The highest BCUT2D eigenvalue weighted by Crippen LogP contribution is 2.15. The van der Waals surface area contributed by atoms with E-state index in [1.165, 1.54) is 10.1 Å². The summed E-state index contributed by atoms with van der Waals surface area (Å²) >= 11 is 0. The molecule has 0 amide bonds. The Kier molecular flexibility index (Phi) is 4.88. The van der Waals surface area contributed by atoms with Crippen molar-refractivity contribution >= 4 is 10.9 Å². The number of aryl methyl sites for hydroxylation is 2. The van der Waals surface area contributed by atoms with Crippen LogP contribution in [-0.2, 0) is 26.4 Å². The quantitative estimate of drug-likeness (QED) is 0.718. The first-order chi connectivity index (χ1) is 12.0. The van der Waals surface area contributed by atoms with Gasteiger partial charge in [0.1, 0.15) is 0 Å². The van der Waals surface area contributed by atoms with Crippen LogP contribution in [0.1, 0.15) is 25.0 Å². The Morgan fingerprint density at radius 2 is 1.60 bits per heavy atom. The van der Waals surface area contributed by atoms with E-state index in [2.05, 4.69) is 26.0 Å². The van der Waals surface area contributed by atoms with E-state index in [4.69, 9.17) is 0 Å². The third kappa shape index (κ3) is 3.58. The van der Waals surface area contributed by atoms with Gasteiger partial charge in [0, 0.05) is 13.6 Å². The molecule has 0 spiro atoms. The molecule has 0 aliphatic heterocycles. The standard InChI is InChI=1S/C21H24N2O2/c1-15(2)14-23-19-12-11-17(10-9-16-7-5-4-6-8-16)13-18(19)20(24)22(3)21(23)25/h4-8,11-13,15H,9-10,14H2,1-3H3. The van der Waals surface area contributed by atoms with Crippen LogP contribution in [-0.4, -0.2) is 9.13 Å². The van der Waals surface area contributed by atoms with Gasteiger partial charge in [-0.1, -0.05) is 50.2 Å². The molecular formula is C21H24N2O2.